The summed E-state index contributed by atoms with van der Waals surface area (Å²) in [5.41, 5.74) is 2.19. The van der Waals surface area contributed by atoms with Crippen LogP contribution in [0.25, 0.3) is 0 Å². The van der Waals surface area contributed by atoms with Crippen molar-refractivity contribution in [1.82, 2.24) is 15.1 Å². The minimum atomic E-state index is -1.35. The van der Waals surface area contributed by atoms with Crippen LogP contribution in [0.3, 0.4) is 0 Å². The molecule has 202 valence electrons. The maximum Gasteiger partial charge on any atom is 0.250 e. The highest BCUT2D eigenvalue weighted by Crippen LogP contribution is 2.37. The molecule has 1 N–H and O–H groups in total. The van der Waals surface area contributed by atoms with Crippen LogP contribution in [0.2, 0.25) is 0 Å². The van der Waals surface area contributed by atoms with E-state index in [2.05, 4.69) is 5.32 Å². The summed E-state index contributed by atoms with van der Waals surface area (Å²) in [7, 11) is 0. The van der Waals surface area contributed by atoms with Gasteiger partial charge in [0.25, 0.3) is 0 Å². The number of hydrogen-bond donors (Lipinski definition) is 1. The summed E-state index contributed by atoms with van der Waals surface area (Å²) >= 11 is 1.72. The van der Waals surface area contributed by atoms with Gasteiger partial charge in [0.2, 0.25) is 17.7 Å². The highest BCUT2D eigenvalue weighted by Gasteiger charge is 2.50. The molecule has 0 saturated carbocycles. The Bertz CT molecular complexity index is 1210. The lowest BCUT2D eigenvalue weighted by Crippen LogP contribution is -2.67. The van der Waals surface area contributed by atoms with Gasteiger partial charge in [0.15, 0.2) is 0 Å². The highest BCUT2D eigenvalue weighted by molar-refractivity contribution is 7.99. The molecule has 0 spiro atoms. The SMILES string of the molecule is CC(C)C[C@@H]1C(=O)N[C@H](C2Cc3ccccc3C2)C(=O)N1[C@@H](C(=O)N1CCSCC1)c1ccc(F)cc1F. The van der Waals surface area contributed by atoms with Gasteiger partial charge in [-0.25, -0.2) is 8.78 Å². The third-order valence-corrected chi connectivity index (χ3v) is 8.74. The number of fused-ring (bicyclic) bond motifs is 1. The zero-order valence-electron chi connectivity index (χ0n) is 21.7. The summed E-state index contributed by atoms with van der Waals surface area (Å²) in [6.07, 6.45) is 1.57. The van der Waals surface area contributed by atoms with Crippen LogP contribution in [0, 0.1) is 23.5 Å². The van der Waals surface area contributed by atoms with Gasteiger partial charge in [-0.05, 0) is 48.3 Å². The van der Waals surface area contributed by atoms with E-state index in [1.54, 1.807) is 16.7 Å². The van der Waals surface area contributed by atoms with Crippen LogP contribution in [-0.2, 0) is 27.2 Å². The average molecular weight is 542 g/mol. The first-order valence-corrected chi connectivity index (χ1v) is 14.4. The minimum absolute atomic E-state index is 0.0357. The molecule has 0 unspecified atom stereocenters. The summed E-state index contributed by atoms with van der Waals surface area (Å²) in [6, 6.07) is 7.89. The second-order valence-corrected chi connectivity index (χ2v) is 12.0. The Hall–Kier alpha value is -2.94. The number of rotatable bonds is 6. The molecule has 3 atom stereocenters. The summed E-state index contributed by atoms with van der Waals surface area (Å²) in [6.45, 7) is 4.81. The van der Waals surface area contributed by atoms with Gasteiger partial charge in [-0.1, -0.05) is 44.2 Å². The maximum atomic E-state index is 15.3. The number of hydrogen-bond acceptors (Lipinski definition) is 4. The van der Waals surface area contributed by atoms with Crippen molar-refractivity contribution in [3.05, 3.63) is 70.8 Å². The molecule has 2 aromatic carbocycles. The van der Waals surface area contributed by atoms with Crippen molar-refractivity contribution >= 4 is 29.5 Å². The Balaban J connectivity index is 1.57. The van der Waals surface area contributed by atoms with E-state index >= 15 is 4.39 Å². The van der Waals surface area contributed by atoms with E-state index in [0.717, 1.165) is 34.8 Å². The summed E-state index contributed by atoms with van der Waals surface area (Å²) in [4.78, 5) is 45.0. The van der Waals surface area contributed by atoms with Gasteiger partial charge in [0.05, 0.1) is 0 Å². The Labute approximate surface area is 226 Å². The second kappa shape index (κ2) is 11.0. The van der Waals surface area contributed by atoms with Crippen molar-refractivity contribution in [3.63, 3.8) is 0 Å². The van der Waals surface area contributed by atoms with E-state index in [1.165, 1.54) is 11.0 Å². The van der Waals surface area contributed by atoms with Gasteiger partial charge in [0, 0.05) is 36.2 Å². The van der Waals surface area contributed by atoms with E-state index in [4.69, 9.17) is 0 Å². The van der Waals surface area contributed by atoms with Crippen LogP contribution in [0.4, 0.5) is 8.78 Å². The molecule has 2 fully saturated rings. The maximum absolute atomic E-state index is 15.3. The van der Waals surface area contributed by atoms with E-state index in [-0.39, 0.29) is 29.2 Å². The van der Waals surface area contributed by atoms with Crippen LogP contribution >= 0.6 is 11.8 Å². The third kappa shape index (κ3) is 5.17. The zero-order valence-corrected chi connectivity index (χ0v) is 22.5. The number of nitrogens with one attached hydrogen (secondary N) is 1. The molecule has 2 saturated heterocycles. The van der Waals surface area contributed by atoms with Crippen molar-refractivity contribution in [2.75, 3.05) is 24.6 Å². The van der Waals surface area contributed by atoms with Crippen LogP contribution in [-0.4, -0.2) is 64.2 Å². The van der Waals surface area contributed by atoms with Crippen molar-refractivity contribution in [1.29, 1.82) is 0 Å². The predicted molar refractivity (Wildman–Crippen MR) is 142 cm³/mol. The van der Waals surface area contributed by atoms with Crippen LogP contribution in [0.5, 0.6) is 0 Å². The van der Waals surface area contributed by atoms with E-state index in [0.29, 0.717) is 32.4 Å². The van der Waals surface area contributed by atoms with E-state index in [1.807, 2.05) is 38.1 Å². The summed E-state index contributed by atoms with van der Waals surface area (Å²) in [5, 5.41) is 2.96. The molecule has 38 heavy (non-hydrogen) atoms. The number of carbonyl (C=O) groups is 3. The van der Waals surface area contributed by atoms with Crippen LogP contribution < -0.4 is 5.32 Å². The first kappa shape index (κ1) is 26.7. The first-order valence-electron chi connectivity index (χ1n) is 13.3. The van der Waals surface area contributed by atoms with Gasteiger partial charge in [-0.2, -0.15) is 11.8 Å². The fourth-order valence-corrected chi connectivity index (χ4v) is 6.86. The topological polar surface area (TPSA) is 69.7 Å². The number of thioether (sulfide) groups is 1. The number of piperazine rings is 1. The molecule has 2 aliphatic heterocycles. The zero-order chi connectivity index (χ0) is 27.0. The number of carbonyl (C=O) groups excluding carboxylic acids is 3. The van der Waals surface area contributed by atoms with Crippen molar-refractivity contribution in [2.45, 2.75) is 51.2 Å². The highest BCUT2D eigenvalue weighted by atomic mass is 32.2. The smallest absolute Gasteiger partial charge is 0.250 e. The first-order chi connectivity index (χ1) is 18.2. The molecular formula is C29H33F2N3O3S. The van der Waals surface area contributed by atoms with Gasteiger partial charge < -0.3 is 15.1 Å². The average Bonchev–Trinajstić information content (AvgIpc) is 3.33. The number of amides is 3. The molecule has 3 aliphatic rings. The predicted octanol–water partition coefficient (Wildman–Crippen LogP) is 3.74. The Morgan fingerprint density at radius 3 is 2.32 bits per heavy atom. The fourth-order valence-electron chi connectivity index (χ4n) is 5.96. The summed E-state index contributed by atoms with van der Waals surface area (Å²) in [5.74, 6) is -1.50. The molecule has 2 heterocycles. The molecule has 2 aromatic rings. The molecule has 6 nitrogen and oxygen atoms in total. The molecular weight excluding hydrogens is 508 g/mol. The molecule has 0 radical (unpaired) electrons. The van der Waals surface area contributed by atoms with Crippen molar-refractivity contribution in [2.24, 2.45) is 11.8 Å². The Kier molecular flexibility index (Phi) is 7.75. The van der Waals surface area contributed by atoms with Gasteiger partial charge in [-0.3, -0.25) is 14.4 Å². The van der Waals surface area contributed by atoms with Gasteiger partial charge >= 0.3 is 0 Å². The fraction of sp³-hybridized carbons (Fsp3) is 0.483. The lowest BCUT2D eigenvalue weighted by Gasteiger charge is -2.46. The van der Waals surface area contributed by atoms with Crippen molar-refractivity contribution < 1.29 is 23.2 Å². The molecule has 0 bridgehead atoms. The van der Waals surface area contributed by atoms with Crippen molar-refractivity contribution in [3.8, 4) is 0 Å². The Morgan fingerprint density at radius 2 is 1.71 bits per heavy atom. The summed E-state index contributed by atoms with van der Waals surface area (Å²) < 4.78 is 29.2. The second-order valence-electron chi connectivity index (χ2n) is 10.8. The van der Waals surface area contributed by atoms with E-state index in [9.17, 15) is 18.8 Å². The standard InChI is InChI=1S/C29H33F2N3O3S/c1-17(2)13-24-27(35)32-25(20-14-18-5-3-4-6-19(18)15-20)28(36)34(24)26(22-8-7-21(30)16-23(22)31)29(37)33-9-11-38-12-10-33/h3-8,16-17,20,24-26H,9-15H2,1-2H3,(H,32,35)/t24-,25-,26-/m1/s1. The lowest BCUT2D eigenvalue weighted by atomic mass is 9.87. The Morgan fingerprint density at radius 1 is 1.05 bits per heavy atom. The van der Waals surface area contributed by atoms with E-state index < -0.39 is 35.7 Å². The lowest BCUT2D eigenvalue weighted by molar-refractivity contribution is -0.160. The number of benzene rings is 2. The van der Waals surface area contributed by atoms with Crippen LogP contribution in [0.1, 0.15) is 43.0 Å². The molecule has 0 aromatic heterocycles. The number of nitrogens with zero attached hydrogens (tertiary/aromatic N) is 2. The normalized spacial score (nSPS) is 23.0. The molecule has 5 rings (SSSR count). The van der Waals surface area contributed by atoms with Gasteiger partial charge in [-0.15, -0.1) is 0 Å². The monoisotopic (exact) mass is 541 g/mol. The molecule has 9 heteroatoms. The molecule has 1 aliphatic carbocycles. The minimum Gasteiger partial charge on any atom is -0.342 e. The number of halogens is 2. The third-order valence-electron chi connectivity index (χ3n) is 7.80. The quantitative estimate of drug-likeness (QED) is 0.605. The largest absolute Gasteiger partial charge is 0.342 e. The molecule has 3 amide bonds. The van der Waals surface area contributed by atoms with Crippen LogP contribution in [0.15, 0.2) is 42.5 Å². The van der Waals surface area contributed by atoms with Gasteiger partial charge in [0.1, 0.15) is 29.8 Å².